The summed E-state index contributed by atoms with van der Waals surface area (Å²) in [5.41, 5.74) is 1.35. The van der Waals surface area contributed by atoms with Crippen LogP contribution in [0.2, 0.25) is 0 Å². The summed E-state index contributed by atoms with van der Waals surface area (Å²) < 4.78 is 0. The van der Waals surface area contributed by atoms with Gasteiger partial charge in [-0.15, -0.1) is 0 Å². The van der Waals surface area contributed by atoms with Gasteiger partial charge in [-0.3, -0.25) is 4.79 Å². The van der Waals surface area contributed by atoms with Gasteiger partial charge in [0.1, 0.15) is 0 Å². The Hall–Kier alpha value is -1.35. The minimum absolute atomic E-state index is 0.229. The molecule has 98 valence electrons. The molecule has 0 aliphatic heterocycles. The summed E-state index contributed by atoms with van der Waals surface area (Å²) in [7, 11) is 0. The Morgan fingerprint density at radius 3 is 2.67 bits per heavy atom. The first-order valence-electron chi connectivity index (χ1n) is 6.80. The van der Waals surface area contributed by atoms with E-state index in [4.69, 9.17) is 0 Å². The van der Waals surface area contributed by atoms with Crippen LogP contribution >= 0.6 is 0 Å². The van der Waals surface area contributed by atoms with Crippen LogP contribution in [0, 0.1) is 5.92 Å². The van der Waals surface area contributed by atoms with E-state index in [1.807, 2.05) is 6.07 Å². The molecule has 1 aliphatic carbocycles. The lowest BCUT2D eigenvalue weighted by atomic mass is 10.1. The van der Waals surface area contributed by atoms with Crippen LogP contribution in [0.25, 0.3) is 0 Å². The van der Waals surface area contributed by atoms with E-state index < -0.39 is 0 Å². The van der Waals surface area contributed by atoms with Crippen molar-refractivity contribution < 1.29 is 4.79 Å². The van der Waals surface area contributed by atoms with Crippen LogP contribution in [-0.2, 0) is 11.2 Å². The molecule has 1 amide bonds. The summed E-state index contributed by atoms with van der Waals surface area (Å²) in [6, 6.07) is 10.9. The van der Waals surface area contributed by atoms with E-state index >= 15 is 0 Å². The summed E-state index contributed by atoms with van der Waals surface area (Å²) in [6.07, 6.45) is 3.17. The molecule has 0 aromatic heterocycles. The van der Waals surface area contributed by atoms with Crippen LogP contribution < -0.4 is 10.6 Å². The number of hydrogen-bond donors (Lipinski definition) is 2. The van der Waals surface area contributed by atoms with Crippen LogP contribution in [0.5, 0.6) is 0 Å². The number of carbonyl (C=O) groups is 1. The maximum absolute atomic E-state index is 11.4. The first kappa shape index (κ1) is 13.1. The molecule has 2 rings (SSSR count). The van der Waals surface area contributed by atoms with Crippen LogP contribution in [0.4, 0.5) is 0 Å². The highest BCUT2D eigenvalue weighted by atomic mass is 16.2. The monoisotopic (exact) mass is 246 g/mol. The Labute approximate surface area is 109 Å². The first-order chi connectivity index (χ1) is 8.75. The molecule has 0 bridgehead atoms. The first-order valence-corrected chi connectivity index (χ1v) is 6.80. The second-order valence-corrected chi connectivity index (χ2v) is 5.11. The van der Waals surface area contributed by atoms with Crippen molar-refractivity contribution in [2.75, 3.05) is 13.1 Å². The lowest BCUT2D eigenvalue weighted by molar-refractivity contribution is -0.122. The average molecular weight is 246 g/mol. The van der Waals surface area contributed by atoms with E-state index in [0.29, 0.717) is 12.0 Å². The van der Waals surface area contributed by atoms with E-state index in [1.54, 1.807) is 0 Å². The quantitative estimate of drug-likeness (QED) is 0.719. The highest BCUT2D eigenvalue weighted by Gasteiger charge is 2.28. The zero-order valence-corrected chi connectivity index (χ0v) is 11.0. The van der Waals surface area contributed by atoms with E-state index in [-0.39, 0.29) is 5.91 Å². The van der Waals surface area contributed by atoms with Gasteiger partial charge in [-0.1, -0.05) is 30.3 Å². The molecule has 1 aromatic rings. The van der Waals surface area contributed by atoms with Crippen molar-refractivity contribution in [2.24, 2.45) is 5.92 Å². The average Bonchev–Trinajstić information content (AvgIpc) is 3.20. The van der Waals surface area contributed by atoms with Gasteiger partial charge in [-0.2, -0.15) is 0 Å². The highest BCUT2D eigenvalue weighted by molar-refractivity contribution is 5.80. The summed E-state index contributed by atoms with van der Waals surface area (Å²) in [6.45, 7) is 3.75. The summed E-state index contributed by atoms with van der Waals surface area (Å²) >= 11 is 0. The van der Waals surface area contributed by atoms with Crippen molar-refractivity contribution >= 4 is 5.91 Å². The molecule has 3 nitrogen and oxygen atoms in total. The van der Waals surface area contributed by atoms with Crippen molar-refractivity contribution in [1.82, 2.24) is 10.6 Å². The minimum atomic E-state index is 0.229. The SMILES string of the molecule is CC(Cc1ccccc1)NCCNC(=O)C1CC1. The van der Waals surface area contributed by atoms with Gasteiger partial charge >= 0.3 is 0 Å². The molecule has 18 heavy (non-hydrogen) atoms. The maximum atomic E-state index is 11.4. The molecule has 1 atom stereocenters. The van der Waals surface area contributed by atoms with Crippen LogP contribution in [0.15, 0.2) is 30.3 Å². The molecule has 0 heterocycles. The van der Waals surface area contributed by atoms with Gasteiger partial charge < -0.3 is 10.6 Å². The number of hydrogen-bond acceptors (Lipinski definition) is 2. The third kappa shape index (κ3) is 4.49. The lowest BCUT2D eigenvalue weighted by Gasteiger charge is -2.14. The second-order valence-electron chi connectivity index (χ2n) is 5.11. The van der Waals surface area contributed by atoms with Gasteiger partial charge in [0.25, 0.3) is 0 Å². The smallest absolute Gasteiger partial charge is 0.223 e. The second kappa shape index (κ2) is 6.55. The molecule has 1 aliphatic rings. The van der Waals surface area contributed by atoms with Gasteiger partial charge in [0.05, 0.1) is 0 Å². The number of carbonyl (C=O) groups excluding carboxylic acids is 1. The Balaban J connectivity index is 1.57. The van der Waals surface area contributed by atoms with Crippen LogP contribution in [-0.4, -0.2) is 25.0 Å². The molecule has 1 saturated carbocycles. The third-order valence-corrected chi connectivity index (χ3v) is 3.25. The fourth-order valence-corrected chi connectivity index (χ4v) is 2.03. The Morgan fingerprint density at radius 1 is 1.28 bits per heavy atom. The molecular formula is C15H22N2O. The Kier molecular flexibility index (Phi) is 4.76. The van der Waals surface area contributed by atoms with Crippen molar-refractivity contribution in [3.05, 3.63) is 35.9 Å². The van der Waals surface area contributed by atoms with E-state index in [2.05, 4.69) is 41.8 Å². The number of rotatable bonds is 7. The number of amides is 1. The minimum Gasteiger partial charge on any atom is -0.355 e. The van der Waals surface area contributed by atoms with Crippen molar-refractivity contribution in [1.29, 1.82) is 0 Å². The fraction of sp³-hybridized carbons (Fsp3) is 0.533. The topological polar surface area (TPSA) is 41.1 Å². The van der Waals surface area contributed by atoms with E-state index in [0.717, 1.165) is 32.4 Å². The normalized spacial score (nSPS) is 16.3. The summed E-state index contributed by atoms with van der Waals surface area (Å²) in [4.78, 5) is 11.4. The summed E-state index contributed by atoms with van der Waals surface area (Å²) in [5, 5.41) is 6.39. The number of benzene rings is 1. The van der Waals surface area contributed by atoms with Crippen LogP contribution in [0.1, 0.15) is 25.3 Å². The predicted molar refractivity (Wildman–Crippen MR) is 73.3 cm³/mol. The Bertz CT molecular complexity index is 373. The van der Waals surface area contributed by atoms with Crippen molar-refractivity contribution in [3.8, 4) is 0 Å². The van der Waals surface area contributed by atoms with Gasteiger partial charge in [-0.05, 0) is 31.7 Å². The molecule has 1 unspecified atom stereocenters. The predicted octanol–water partition coefficient (Wildman–Crippen LogP) is 1.73. The van der Waals surface area contributed by atoms with Gasteiger partial charge in [-0.25, -0.2) is 0 Å². The molecule has 3 heteroatoms. The van der Waals surface area contributed by atoms with E-state index in [1.165, 1.54) is 5.56 Å². The molecular weight excluding hydrogens is 224 g/mol. The van der Waals surface area contributed by atoms with Gasteiger partial charge in [0.15, 0.2) is 0 Å². The molecule has 2 N–H and O–H groups in total. The van der Waals surface area contributed by atoms with E-state index in [9.17, 15) is 4.79 Å². The van der Waals surface area contributed by atoms with Crippen molar-refractivity contribution in [2.45, 2.75) is 32.2 Å². The van der Waals surface area contributed by atoms with Crippen LogP contribution in [0.3, 0.4) is 0 Å². The summed E-state index contributed by atoms with van der Waals surface area (Å²) in [5.74, 6) is 0.541. The lowest BCUT2D eigenvalue weighted by Crippen LogP contribution is -2.37. The third-order valence-electron chi connectivity index (χ3n) is 3.25. The van der Waals surface area contributed by atoms with Gasteiger partial charge in [0.2, 0.25) is 5.91 Å². The van der Waals surface area contributed by atoms with Gasteiger partial charge in [0, 0.05) is 25.0 Å². The molecule has 0 radical (unpaired) electrons. The Morgan fingerprint density at radius 2 is 2.00 bits per heavy atom. The zero-order valence-electron chi connectivity index (χ0n) is 11.0. The van der Waals surface area contributed by atoms with Crippen molar-refractivity contribution in [3.63, 3.8) is 0 Å². The number of nitrogens with one attached hydrogen (secondary N) is 2. The molecule has 0 saturated heterocycles. The zero-order chi connectivity index (χ0) is 12.8. The molecule has 1 fully saturated rings. The molecule has 0 spiro atoms. The fourth-order valence-electron chi connectivity index (χ4n) is 2.03. The standard InChI is InChI=1S/C15H22N2O/c1-12(11-13-5-3-2-4-6-13)16-9-10-17-15(18)14-7-8-14/h2-6,12,14,16H,7-11H2,1H3,(H,17,18). The maximum Gasteiger partial charge on any atom is 0.223 e. The highest BCUT2D eigenvalue weighted by Crippen LogP contribution is 2.28. The largest absolute Gasteiger partial charge is 0.355 e. The molecule has 1 aromatic carbocycles.